The molecule has 1 fully saturated rings. The molecule has 0 aromatic heterocycles. The van der Waals surface area contributed by atoms with Gasteiger partial charge in [-0.25, -0.2) is 0 Å². The molecule has 15 heavy (non-hydrogen) atoms. The topological polar surface area (TPSA) is 21.3 Å². The first kappa shape index (κ1) is 13.3. The van der Waals surface area contributed by atoms with Gasteiger partial charge in [-0.2, -0.15) is 11.8 Å². The van der Waals surface area contributed by atoms with Gasteiger partial charge in [-0.3, -0.25) is 0 Å². The number of thioether (sulfide) groups is 1. The van der Waals surface area contributed by atoms with E-state index in [0.717, 1.165) is 19.7 Å². The van der Waals surface area contributed by atoms with Gasteiger partial charge in [0.15, 0.2) is 0 Å². The van der Waals surface area contributed by atoms with Crippen LogP contribution in [0.25, 0.3) is 0 Å². The highest BCUT2D eigenvalue weighted by molar-refractivity contribution is 7.99. The lowest BCUT2D eigenvalue weighted by molar-refractivity contribution is 0.0618. The van der Waals surface area contributed by atoms with Crippen molar-refractivity contribution in [3.63, 3.8) is 0 Å². The maximum Gasteiger partial charge on any atom is 0.0616 e. The number of nitrogens with one attached hydrogen (secondary N) is 1. The molecule has 1 N–H and O–H groups in total. The summed E-state index contributed by atoms with van der Waals surface area (Å²) in [4.78, 5) is 0. The fraction of sp³-hybridized carbons (Fsp3) is 1.00. The van der Waals surface area contributed by atoms with Gasteiger partial charge in [0.25, 0.3) is 0 Å². The van der Waals surface area contributed by atoms with Crippen LogP contribution in [0.1, 0.15) is 33.6 Å². The van der Waals surface area contributed by atoms with Crippen molar-refractivity contribution in [1.29, 1.82) is 0 Å². The van der Waals surface area contributed by atoms with Crippen molar-refractivity contribution in [2.24, 2.45) is 5.41 Å². The first-order chi connectivity index (χ1) is 7.25. The van der Waals surface area contributed by atoms with E-state index in [4.69, 9.17) is 4.74 Å². The van der Waals surface area contributed by atoms with Crippen LogP contribution in [-0.2, 0) is 4.74 Å². The van der Waals surface area contributed by atoms with E-state index < -0.39 is 0 Å². The van der Waals surface area contributed by atoms with E-state index in [0.29, 0.717) is 11.5 Å². The number of ether oxygens (including phenoxy) is 1. The summed E-state index contributed by atoms with van der Waals surface area (Å²) < 4.78 is 5.75. The fourth-order valence-electron chi connectivity index (χ4n) is 2.26. The van der Waals surface area contributed by atoms with Crippen LogP contribution in [0.3, 0.4) is 0 Å². The SMILES string of the molecule is CCNCC1(CCSCC)CCOC1C. The summed E-state index contributed by atoms with van der Waals surface area (Å²) in [6, 6.07) is 0. The number of hydrogen-bond donors (Lipinski definition) is 1. The summed E-state index contributed by atoms with van der Waals surface area (Å²) in [6.07, 6.45) is 2.94. The molecule has 0 spiro atoms. The molecule has 2 unspecified atom stereocenters. The lowest BCUT2D eigenvalue weighted by atomic mass is 9.79. The Labute approximate surface area is 98.5 Å². The van der Waals surface area contributed by atoms with E-state index >= 15 is 0 Å². The van der Waals surface area contributed by atoms with E-state index in [2.05, 4.69) is 26.1 Å². The smallest absolute Gasteiger partial charge is 0.0616 e. The zero-order chi connectivity index (χ0) is 11.1. The lowest BCUT2D eigenvalue weighted by Crippen LogP contribution is -2.40. The van der Waals surface area contributed by atoms with Gasteiger partial charge < -0.3 is 10.1 Å². The first-order valence-electron chi connectivity index (χ1n) is 6.15. The number of hydrogen-bond acceptors (Lipinski definition) is 3. The molecule has 2 nitrogen and oxygen atoms in total. The molecule has 1 rings (SSSR count). The average molecular weight is 231 g/mol. The minimum absolute atomic E-state index is 0.401. The Balaban J connectivity index is 2.44. The van der Waals surface area contributed by atoms with Crippen molar-refractivity contribution in [1.82, 2.24) is 5.32 Å². The summed E-state index contributed by atoms with van der Waals surface area (Å²) in [5, 5.41) is 3.50. The van der Waals surface area contributed by atoms with Gasteiger partial charge in [0, 0.05) is 18.6 Å². The van der Waals surface area contributed by atoms with Crippen molar-refractivity contribution in [3.05, 3.63) is 0 Å². The molecule has 0 radical (unpaired) electrons. The number of rotatable bonds is 7. The molecular formula is C12H25NOS. The van der Waals surface area contributed by atoms with E-state index in [-0.39, 0.29) is 0 Å². The molecule has 3 heteroatoms. The predicted molar refractivity (Wildman–Crippen MR) is 68.6 cm³/mol. The van der Waals surface area contributed by atoms with E-state index in [1.807, 2.05) is 11.8 Å². The maximum atomic E-state index is 5.75. The predicted octanol–water partition coefficient (Wildman–Crippen LogP) is 2.53. The van der Waals surface area contributed by atoms with Crippen LogP contribution in [0.15, 0.2) is 0 Å². The Morgan fingerprint density at radius 3 is 2.80 bits per heavy atom. The Morgan fingerprint density at radius 1 is 1.47 bits per heavy atom. The molecule has 0 saturated carbocycles. The zero-order valence-electron chi connectivity index (χ0n) is 10.3. The van der Waals surface area contributed by atoms with E-state index in [1.165, 1.54) is 24.3 Å². The third kappa shape index (κ3) is 3.65. The van der Waals surface area contributed by atoms with Gasteiger partial charge >= 0.3 is 0 Å². The molecule has 0 bridgehead atoms. The maximum absolute atomic E-state index is 5.75. The molecule has 0 amide bonds. The summed E-state index contributed by atoms with van der Waals surface area (Å²) >= 11 is 2.05. The first-order valence-corrected chi connectivity index (χ1v) is 7.30. The minimum atomic E-state index is 0.401. The molecule has 0 aromatic rings. The van der Waals surface area contributed by atoms with Crippen molar-refractivity contribution in [2.45, 2.75) is 39.7 Å². The second-order valence-corrected chi connectivity index (χ2v) is 5.75. The highest BCUT2D eigenvalue weighted by Gasteiger charge is 2.40. The summed E-state index contributed by atoms with van der Waals surface area (Å²) in [5.74, 6) is 2.50. The van der Waals surface area contributed by atoms with Crippen LogP contribution < -0.4 is 5.32 Å². The van der Waals surface area contributed by atoms with Gasteiger partial charge in [0.2, 0.25) is 0 Å². The Morgan fingerprint density at radius 2 is 2.27 bits per heavy atom. The molecule has 1 aliphatic heterocycles. The highest BCUT2D eigenvalue weighted by atomic mass is 32.2. The van der Waals surface area contributed by atoms with Crippen LogP contribution in [-0.4, -0.2) is 37.3 Å². The van der Waals surface area contributed by atoms with Gasteiger partial charge in [-0.15, -0.1) is 0 Å². The largest absolute Gasteiger partial charge is 0.378 e. The molecule has 2 atom stereocenters. The summed E-state index contributed by atoms with van der Waals surface area (Å²) in [5.41, 5.74) is 0.401. The highest BCUT2D eigenvalue weighted by Crippen LogP contribution is 2.38. The van der Waals surface area contributed by atoms with Crippen LogP contribution >= 0.6 is 11.8 Å². The molecule has 1 saturated heterocycles. The standard InChI is InChI=1S/C12H25NOS/c1-4-13-10-12(7-9-15-5-2)6-8-14-11(12)3/h11,13H,4-10H2,1-3H3. The van der Waals surface area contributed by atoms with Crippen molar-refractivity contribution < 1.29 is 4.74 Å². The van der Waals surface area contributed by atoms with Crippen molar-refractivity contribution in [2.75, 3.05) is 31.2 Å². The molecule has 1 heterocycles. The quantitative estimate of drug-likeness (QED) is 0.680. The zero-order valence-corrected chi connectivity index (χ0v) is 11.2. The molecular weight excluding hydrogens is 206 g/mol. The van der Waals surface area contributed by atoms with E-state index in [9.17, 15) is 0 Å². The van der Waals surface area contributed by atoms with Crippen LogP contribution in [0.4, 0.5) is 0 Å². The molecule has 0 aliphatic carbocycles. The summed E-state index contributed by atoms with van der Waals surface area (Å²) in [7, 11) is 0. The molecule has 0 aromatic carbocycles. The Bertz CT molecular complexity index is 177. The van der Waals surface area contributed by atoms with Crippen molar-refractivity contribution in [3.8, 4) is 0 Å². The van der Waals surface area contributed by atoms with Crippen LogP contribution in [0.2, 0.25) is 0 Å². The third-order valence-electron chi connectivity index (χ3n) is 3.51. The monoisotopic (exact) mass is 231 g/mol. The van der Waals surface area contributed by atoms with Gasteiger partial charge in [0.1, 0.15) is 0 Å². The van der Waals surface area contributed by atoms with Crippen molar-refractivity contribution >= 4 is 11.8 Å². The Hall–Kier alpha value is 0.270. The van der Waals surface area contributed by atoms with Crippen LogP contribution in [0.5, 0.6) is 0 Å². The average Bonchev–Trinajstić information content (AvgIpc) is 2.59. The van der Waals surface area contributed by atoms with Crippen LogP contribution in [0, 0.1) is 5.41 Å². The second kappa shape index (κ2) is 6.77. The fourth-order valence-corrected chi connectivity index (χ4v) is 3.10. The van der Waals surface area contributed by atoms with Gasteiger partial charge in [0.05, 0.1) is 6.10 Å². The minimum Gasteiger partial charge on any atom is -0.378 e. The van der Waals surface area contributed by atoms with E-state index in [1.54, 1.807) is 0 Å². The second-order valence-electron chi connectivity index (χ2n) is 4.35. The van der Waals surface area contributed by atoms with Gasteiger partial charge in [-0.05, 0) is 37.8 Å². The molecule has 1 aliphatic rings. The normalized spacial score (nSPS) is 31.0. The third-order valence-corrected chi connectivity index (χ3v) is 4.41. The Kier molecular flexibility index (Phi) is 6.02. The molecule has 90 valence electrons. The van der Waals surface area contributed by atoms with Gasteiger partial charge in [-0.1, -0.05) is 13.8 Å². The lowest BCUT2D eigenvalue weighted by Gasteiger charge is -2.32. The summed E-state index contributed by atoms with van der Waals surface area (Å²) in [6.45, 7) is 9.78.